The van der Waals surface area contributed by atoms with Crippen molar-refractivity contribution in [1.29, 1.82) is 0 Å². The van der Waals surface area contributed by atoms with Gasteiger partial charge in [-0.3, -0.25) is 4.79 Å². The molecule has 1 amide bonds. The number of amides is 1. The van der Waals surface area contributed by atoms with Gasteiger partial charge in [-0.05, 0) is 26.3 Å². The van der Waals surface area contributed by atoms with Crippen molar-refractivity contribution >= 4 is 39.2 Å². The predicted molar refractivity (Wildman–Crippen MR) is 84.3 cm³/mol. The Morgan fingerprint density at radius 1 is 1.50 bits per heavy atom. The Morgan fingerprint density at radius 3 is 2.95 bits per heavy atom. The molecule has 108 valence electrons. The number of hydrogen-bond donors (Lipinski definition) is 2. The van der Waals surface area contributed by atoms with Gasteiger partial charge in [-0.15, -0.1) is 11.3 Å². The lowest BCUT2D eigenvalue weighted by Gasteiger charge is -2.11. The van der Waals surface area contributed by atoms with Gasteiger partial charge in [-0.1, -0.05) is 11.8 Å². The van der Waals surface area contributed by atoms with Crippen molar-refractivity contribution in [1.82, 2.24) is 15.3 Å². The molecule has 0 aliphatic rings. The van der Waals surface area contributed by atoms with Gasteiger partial charge in [0, 0.05) is 23.4 Å². The van der Waals surface area contributed by atoms with E-state index in [9.17, 15) is 4.79 Å². The third-order valence-corrected chi connectivity index (χ3v) is 5.25. The summed E-state index contributed by atoms with van der Waals surface area (Å²) in [6.45, 7) is 6.97. The summed E-state index contributed by atoms with van der Waals surface area (Å²) in [5, 5.41) is 4.52. The van der Waals surface area contributed by atoms with Gasteiger partial charge in [-0.25, -0.2) is 9.97 Å². The number of carbonyl (C=O) groups is 1. The molecule has 2 aromatic heterocycles. The van der Waals surface area contributed by atoms with Crippen LogP contribution in [0.4, 0.5) is 0 Å². The van der Waals surface area contributed by atoms with E-state index in [4.69, 9.17) is 5.73 Å². The number of aryl methyl sites for hydroxylation is 2. The maximum Gasteiger partial charge on any atom is 0.233 e. The second kappa shape index (κ2) is 6.51. The van der Waals surface area contributed by atoms with E-state index in [0.29, 0.717) is 13.1 Å². The van der Waals surface area contributed by atoms with Crippen molar-refractivity contribution in [3.8, 4) is 0 Å². The SMILES string of the molecule is Cc1sc2ncnc(SC(C)C(=O)NCCN)c2c1C. The lowest BCUT2D eigenvalue weighted by Crippen LogP contribution is -2.34. The van der Waals surface area contributed by atoms with E-state index >= 15 is 0 Å². The number of rotatable bonds is 5. The van der Waals surface area contributed by atoms with Gasteiger partial charge in [0.05, 0.1) is 5.25 Å². The van der Waals surface area contributed by atoms with E-state index < -0.39 is 0 Å². The number of carbonyl (C=O) groups excluding carboxylic acids is 1. The van der Waals surface area contributed by atoms with Crippen molar-refractivity contribution < 1.29 is 4.79 Å². The zero-order valence-electron chi connectivity index (χ0n) is 11.8. The highest BCUT2D eigenvalue weighted by Crippen LogP contribution is 2.35. The monoisotopic (exact) mass is 310 g/mol. The molecule has 0 spiro atoms. The minimum Gasteiger partial charge on any atom is -0.354 e. The Balaban J connectivity index is 2.23. The molecule has 0 aliphatic heterocycles. The summed E-state index contributed by atoms with van der Waals surface area (Å²) in [5.41, 5.74) is 6.58. The van der Waals surface area contributed by atoms with Gasteiger partial charge in [-0.2, -0.15) is 0 Å². The highest BCUT2D eigenvalue weighted by atomic mass is 32.2. The topological polar surface area (TPSA) is 80.9 Å². The fourth-order valence-electron chi connectivity index (χ4n) is 1.80. The number of nitrogens with two attached hydrogens (primary N) is 1. The molecule has 0 aliphatic carbocycles. The molecule has 3 N–H and O–H groups in total. The summed E-state index contributed by atoms with van der Waals surface area (Å²) in [5.74, 6) is -0.0168. The predicted octanol–water partition coefficient (Wildman–Crippen LogP) is 1.86. The molecule has 1 atom stereocenters. The van der Waals surface area contributed by atoms with E-state index in [1.54, 1.807) is 17.7 Å². The number of nitrogens with zero attached hydrogens (tertiary/aromatic N) is 2. The van der Waals surface area contributed by atoms with Crippen LogP contribution >= 0.6 is 23.1 Å². The van der Waals surface area contributed by atoms with E-state index in [-0.39, 0.29) is 11.2 Å². The third kappa shape index (κ3) is 3.11. The summed E-state index contributed by atoms with van der Waals surface area (Å²) in [7, 11) is 0. The van der Waals surface area contributed by atoms with Gasteiger partial charge >= 0.3 is 0 Å². The van der Waals surface area contributed by atoms with Gasteiger partial charge < -0.3 is 11.1 Å². The number of thioether (sulfide) groups is 1. The van der Waals surface area contributed by atoms with Crippen LogP contribution in [0.2, 0.25) is 0 Å². The maximum atomic E-state index is 11.9. The lowest BCUT2D eigenvalue weighted by atomic mass is 10.2. The average Bonchev–Trinajstić information content (AvgIpc) is 2.72. The van der Waals surface area contributed by atoms with Crippen LogP contribution in [0, 0.1) is 13.8 Å². The van der Waals surface area contributed by atoms with Gasteiger partial charge in [0.1, 0.15) is 16.2 Å². The lowest BCUT2D eigenvalue weighted by molar-refractivity contribution is -0.120. The fraction of sp³-hybridized carbons (Fsp3) is 0.462. The molecule has 5 nitrogen and oxygen atoms in total. The van der Waals surface area contributed by atoms with Crippen LogP contribution in [-0.2, 0) is 4.79 Å². The Hall–Kier alpha value is -1.18. The summed E-state index contributed by atoms with van der Waals surface area (Å²) in [6.07, 6.45) is 1.56. The fourth-order valence-corrected chi connectivity index (χ4v) is 3.86. The third-order valence-electron chi connectivity index (χ3n) is 3.03. The van der Waals surface area contributed by atoms with Crippen LogP contribution < -0.4 is 11.1 Å². The second-order valence-electron chi connectivity index (χ2n) is 4.48. The van der Waals surface area contributed by atoms with Gasteiger partial charge in [0.25, 0.3) is 0 Å². The van der Waals surface area contributed by atoms with Crippen molar-refractivity contribution in [3.63, 3.8) is 0 Å². The highest BCUT2D eigenvalue weighted by molar-refractivity contribution is 8.00. The molecule has 0 radical (unpaired) electrons. The molecule has 0 bridgehead atoms. The first-order valence-electron chi connectivity index (χ1n) is 6.39. The van der Waals surface area contributed by atoms with Gasteiger partial charge in [0.2, 0.25) is 5.91 Å². The van der Waals surface area contributed by atoms with Crippen molar-refractivity contribution in [3.05, 3.63) is 16.8 Å². The number of thiophene rings is 1. The standard InChI is InChI=1S/C13H18N4OS2/c1-7-8(2)19-12-10(7)13(17-6-16-12)20-9(3)11(18)15-5-4-14/h6,9H,4-5,14H2,1-3H3,(H,15,18). The van der Waals surface area contributed by atoms with Crippen molar-refractivity contribution in [2.45, 2.75) is 31.0 Å². The highest BCUT2D eigenvalue weighted by Gasteiger charge is 2.18. The van der Waals surface area contributed by atoms with Crippen molar-refractivity contribution in [2.75, 3.05) is 13.1 Å². The molecular weight excluding hydrogens is 292 g/mol. The second-order valence-corrected chi connectivity index (χ2v) is 7.01. The number of nitrogens with one attached hydrogen (secondary N) is 1. The zero-order chi connectivity index (χ0) is 14.7. The minimum atomic E-state index is -0.209. The summed E-state index contributed by atoms with van der Waals surface area (Å²) in [6, 6.07) is 0. The van der Waals surface area contributed by atoms with E-state index in [1.807, 2.05) is 6.92 Å². The first-order chi connectivity index (χ1) is 9.54. The maximum absolute atomic E-state index is 11.9. The van der Waals surface area contributed by atoms with Crippen LogP contribution in [0.5, 0.6) is 0 Å². The van der Waals surface area contributed by atoms with Crippen LogP contribution in [0.1, 0.15) is 17.4 Å². The Morgan fingerprint density at radius 2 is 2.25 bits per heavy atom. The summed E-state index contributed by atoms with van der Waals surface area (Å²) < 4.78 is 0. The number of aromatic nitrogens is 2. The minimum absolute atomic E-state index is 0.0168. The first-order valence-corrected chi connectivity index (χ1v) is 8.09. The first kappa shape index (κ1) is 15.2. The van der Waals surface area contributed by atoms with E-state index in [0.717, 1.165) is 15.2 Å². The normalized spacial score (nSPS) is 12.6. The molecule has 7 heteroatoms. The molecule has 0 aromatic carbocycles. The molecule has 2 heterocycles. The van der Waals surface area contributed by atoms with E-state index in [2.05, 4.69) is 29.1 Å². The Kier molecular flexibility index (Phi) is 4.95. The molecule has 2 rings (SSSR count). The summed E-state index contributed by atoms with van der Waals surface area (Å²) in [4.78, 5) is 22.8. The molecule has 0 saturated heterocycles. The average molecular weight is 310 g/mol. The smallest absolute Gasteiger partial charge is 0.233 e. The Labute approximate surface area is 126 Å². The number of fused-ring (bicyclic) bond motifs is 1. The Bertz CT molecular complexity index is 626. The summed E-state index contributed by atoms with van der Waals surface area (Å²) >= 11 is 3.12. The molecular formula is C13H18N4OS2. The molecule has 2 aromatic rings. The van der Waals surface area contributed by atoms with Crippen LogP contribution in [0.25, 0.3) is 10.2 Å². The molecule has 0 fully saturated rings. The molecule has 20 heavy (non-hydrogen) atoms. The number of hydrogen-bond acceptors (Lipinski definition) is 6. The van der Waals surface area contributed by atoms with E-state index in [1.165, 1.54) is 22.2 Å². The van der Waals surface area contributed by atoms with Gasteiger partial charge in [0.15, 0.2) is 0 Å². The van der Waals surface area contributed by atoms with Crippen molar-refractivity contribution in [2.24, 2.45) is 5.73 Å². The van der Waals surface area contributed by atoms with Crippen LogP contribution in [0.3, 0.4) is 0 Å². The quantitative estimate of drug-likeness (QED) is 0.651. The van der Waals surface area contributed by atoms with Crippen LogP contribution in [-0.4, -0.2) is 34.2 Å². The zero-order valence-corrected chi connectivity index (χ0v) is 13.4. The molecule has 0 saturated carbocycles. The largest absolute Gasteiger partial charge is 0.354 e. The van der Waals surface area contributed by atoms with Crippen LogP contribution in [0.15, 0.2) is 11.4 Å². The molecule has 1 unspecified atom stereocenters.